The quantitative estimate of drug-likeness (QED) is 0.587. The van der Waals surface area contributed by atoms with Gasteiger partial charge in [0.25, 0.3) is 5.91 Å². The molecule has 0 unspecified atom stereocenters. The normalized spacial score (nSPS) is 10.4. The number of nitrogens with zero attached hydrogens (tertiary/aromatic N) is 1. The molecular formula is C20H21N3O5S. The third-order valence-electron chi connectivity index (χ3n) is 4.09. The lowest BCUT2D eigenvalue weighted by molar-refractivity contribution is -0.116. The summed E-state index contributed by atoms with van der Waals surface area (Å²) in [7, 11) is 4.62. The first-order valence-electron chi connectivity index (χ1n) is 8.78. The first-order valence-corrected chi connectivity index (χ1v) is 9.59. The molecule has 0 aliphatic carbocycles. The third-order valence-corrected chi connectivity index (χ3v) is 5.03. The van der Waals surface area contributed by atoms with Crippen LogP contribution in [0.2, 0.25) is 0 Å². The van der Waals surface area contributed by atoms with Gasteiger partial charge in [0.2, 0.25) is 5.91 Å². The number of aromatic nitrogens is 1. The molecule has 1 aromatic heterocycles. The maximum absolute atomic E-state index is 12.3. The van der Waals surface area contributed by atoms with E-state index in [0.29, 0.717) is 22.2 Å². The first kappa shape index (κ1) is 20.4. The maximum Gasteiger partial charge on any atom is 0.251 e. The average molecular weight is 415 g/mol. The number of rotatable bonds is 8. The van der Waals surface area contributed by atoms with Gasteiger partial charge in [-0.15, -0.1) is 0 Å². The Balaban J connectivity index is 1.54. The van der Waals surface area contributed by atoms with E-state index in [1.54, 1.807) is 25.3 Å². The molecule has 0 aliphatic rings. The molecule has 29 heavy (non-hydrogen) atoms. The van der Waals surface area contributed by atoms with Gasteiger partial charge in [-0.25, -0.2) is 4.98 Å². The molecule has 2 amide bonds. The van der Waals surface area contributed by atoms with Gasteiger partial charge in [-0.3, -0.25) is 9.59 Å². The Bertz CT molecular complexity index is 1010. The van der Waals surface area contributed by atoms with Crippen molar-refractivity contribution in [1.29, 1.82) is 0 Å². The van der Waals surface area contributed by atoms with E-state index in [1.165, 1.54) is 25.6 Å². The minimum absolute atomic E-state index is 0.117. The number of benzene rings is 2. The van der Waals surface area contributed by atoms with Crippen LogP contribution >= 0.6 is 11.3 Å². The summed E-state index contributed by atoms with van der Waals surface area (Å²) in [5.41, 5.74) is 1.17. The van der Waals surface area contributed by atoms with E-state index >= 15 is 0 Å². The Hall–Kier alpha value is -3.33. The Kier molecular flexibility index (Phi) is 6.50. The number of hydrogen-bond acceptors (Lipinski definition) is 7. The molecule has 0 spiro atoms. The molecule has 0 radical (unpaired) electrons. The molecule has 0 atom stereocenters. The van der Waals surface area contributed by atoms with E-state index in [0.717, 1.165) is 16.0 Å². The van der Waals surface area contributed by atoms with Gasteiger partial charge in [0, 0.05) is 24.6 Å². The van der Waals surface area contributed by atoms with Gasteiger partial charge in [0.05, 0.1) is 31.5 Å². The zero-order valence-corrected chi connectivity index (χ0v) is 17.1. The van der Waals surface area contributed by atoms with Gasteiger partial charge < -0.3 is 24.8 Å². The number of thiazole rings is 1. The molecule has 9 heteroatoms. The van der Waals surface area contributed by atoms with Crippen molar-refractivity contribution in [3.8, 4) is 17.2 Å². The minimum atomic E-state index is -0.318. The minimum Gasteiger partial charge on any atom is -0.497 e. The van der Waals surface area contributed by atoms with Crippen LogP contribution in [0.15, 0.2) is 36.4 Å². The van der Waals surface area contributed by atoms with Gasteiger partial charge in [0.1, 0.15) is 17.2 Å². The number of carbonyl (C=O) groups excluding carboxylic acids is 2. The summed E-state index contributed by atoms with van der Waals surface area (Å²) >= 11 is 1.36. The van der Waals surface area contributed by atoms with E-state index in [-0.39, 0.29) is 24.8 Å². The molecule has 1 heterocycles. The predicted molar refractivity (Wildman–Crippen MR) is 111 cm³/mol. The number of nitrogens with one attached hydrogen (secondary N) is 2. The first-order chi connectivity index (χ1) is 14.0. The van der Waals surface area contributed by atoms with Crippen molar-refractivity contribution in [2.24, 2.45) is 0 Å². The standard InChI is InChI=1S/C20H21N3O5S/c1-26-13-4-5-16-17(11-13)29-20(22-16)23-18(24)6-7-21-19(25)12-8-14(27-2)10-15(9-12)28-3/h4-5,8-11H,6-7H2,1-3H3,(H,21,25)(H,22,23,24). The fourth-order valence-corrected chi connectivity index (χ4v) is 3.51. The van der Waals surface area contributed by atoms with Crippen molar-refractivity contribution >= 4 is 38.5 Å². The molecule has 0 saturated heterocycles. The maximum atomic E-state index is 12.3. The molecule has 3 rings (SSSR count). The molecule has 0 fully saturated rings. The van der Waals surface area contributed by atoms with E-state index < -0.39 is 0 Å². The lowest BCUT2D eigenvalue weighted by Gasteiger charge is -2.09. The van der Waals surface area contributed by atoms with Crippen LogP contribution in [0, 0.1) is 0 Å². The molecule has 8 nitrogen and oxygen atoms in total. The molecule has 2 N–H and O–H groups in total. The second kappa shape index (κ2) is 9.24. The number of ether oxygens (including phenoxy) is 3. The van der Waals surface area contributed by atoms with Gasteiger partial charge in [0.15, 0.2) is 5.13 Å². The SMILES string of the molecule is COc1cc(OC)cc(C(=O)NCCC(=O)Nc2nc3ccc(OC)cc3s2)c1. The van der Waals surface area contributed by atoms with Gasteiger partial charge in [-0.2, -0.15) is 0 Å². The zero-order chi connectivity index (χ0) is 20.8. The average Bonchev–Trinajstić information content (AvgIpc) is 3.14. The molecule has 152 valence electrons. The fourth-order valence-electron chi connectivity index (χ4n) is 2.60. The lowest BCUT2D eigenvalue weighted by Crippen LogP contribution is -2.27. The summed E-state index contributed by atoms with van der Waals surface area (Å²) in [5, 5.41) is 5.97. The summed E-state index contributed by atoms with van der Waals surface area (Å²) in [5.74, 6) is 1.21. The summed E-state index contributed by atoms with van der Waals surface area (Å²) < 4.78 is 16.4. The highest BCUT2D eigenvalue weighted by Crippen LogP contribution is 2.29. The highest BCUT2D eigenvalue weighted by molar-refractivity contribution is 7.22. The summed E-state index contributed by atoms with van der Waals surface area (Å²) in [6, 6.07) is 10.4. The van der Waals surface area contributed by atoms with Crippen molar-refractivity contribution in [3.05, 3.63) is 42.0 Å². The molecule has 0 bridgehead atoms. The van der Waals surface area contributed by atoms with Gasteiger partial charge >= 0.3 is 0 Å². The number of methoxy groups -OCH3 is 3. The number of fused-ring (bicyclic) bond motifs is 1. The molecule has 0 saturated carbocycles. The Labute approximate surface area is 171 Å². The van der Waals surface area contributed by atoms with Crippen LogP contribution in [0.1, 0.15) is 16.8 Å². The number of hydrogen-bond donors (Lipinski definition) is 2. The Morgan fingerprint density at radius 2 is 1.66 bits per heavy atom. The summed E-state index contributed by atoms with van der Waals surface area (Å²) in [6.07, 6.45) is 0.117. The Morgan fingerprint density at radius 3 is 2.31 bits per heavy atom. The highest BCUT2D eigenvalue weighted by atomic mass is 32.1. The van der Waals surface area contributed by atoms with Crippen LogP contribution in [0.25, 0.3) is 10.2 Å². The topological polar surface area (TPSA) is 98.8 Å². The van der Waals surface area contributed by atoms with Crippen molar-refractivity contribution in [3.63, 3.8) is 0 Å². The van der Waals surface area contributed by atoms with Crippen molar-refractivity contribution in [2.45, 2.75) is 6.42 Å². The summed E-state index contributed by atoms with van der Waals surface area (Å²) in [4.78, 5) is 28.9. The van der Waals surface area contributed by atoms with Crippen LogP contribution in [-0.2, 0) is 4.79 Å². The summed E-state index contributed by atoms with van der Waals surface area (Å²) in [6.45, 7) is 0.183. The second-order valence-corrected chi connectivity index (χ2v) is 7.04. The van der Waals surface area contributed by atoms with Crippen molar-refractivity contribution < 1.29 is 23.8 Å². The van der Waals surface area contributed by atoms with Crippen LogP contribution in [0.4, 0.5) is 5.13 Å². The van der Waals surface area contributed by atoms with E-state index in [1.807, 2.05) is 18.2 Å². The second-order valence-electron chi connectivity index (χ2n) is 6.01. The van der Waals surface area contributed by atoms with E-state index in [4.69, 9.17) is 14.2 Å². The smallest absolute Gasteiger partial charge is 0.251 e. The Morgan fingerprint density at radius 1 is 0.966 bits per heavy atom. The number of carbonyl (C=O) groups is 2. The molecule has 0 aliphatic heterocycles. The lowest BCUT2D eigenvalue weighted by atomic mass is 10.2. The van der Waals surface area contributed by atoms with Crippen molar-refractivity contribution in [2.75, 3.05) is 33.2 Å². The molecular weight excluding hydrogens is 394 g/mol. The fraction of sp³-hybridized carbons (Fsp3) is 0.250. The van der Waals surface area contributed by atoms with Crippen LogP contribution < -0.4 is 24.8 Å². The predicted octanol–water partition coefficient (Wildman–Crippen LogP) is 3.08. The number of anilines is 1. The van der Waals surface area contributed by atoms with Crippen LogP contribution in [0.5, 0.6) is 17.2 Å². The molecule has 3 aromatic rings. The highest BCUT2D eigenvalue weighted by Gasteiger charge is 2.12. The van der Waals surface area contributed by atoms with Crippen LogP contribution in [0.3, 0.4) is 0 Å². The molecule has 2 aromatic carbocycles. The zero-order valence-electron chi connectivity index (χ0n) is 16.3. The largest absolute Gasteiger partial charge is 0.497 e. The monoisotopic (exact) mass is 415 g/mol. The van der Waals surface area contributed by atoms with E-state index in [9.17, 15) is 9.59 Å². The third kappa shape index (κ3) is 5.14. The van der Waals surface area contributed by atoms with Gasteiger partial charge in [-0.05, 0) is 30.3 Å². The van der Waals surface area contributed by atoms with E-state index in [2.05, 4.69) is 15.6 Å². The van der Waals surface area contributed by atoms with Crippen LogP contribution in [-0.4, -0.2) is 44.7 Å². The van der Waals surface area contributed by atoms with Crippen molar-refractivity contribution in [1.82, 2.24) is 10.3 Å². The van der Waals surface area contributed by atoms with Gasteiger partial charge in [-0.1, -0.05) is 11.3 Å². The number of amides is 2.